The van der Waals surface area contributed by atoms with Crippen molar-refractivity contribution < 1.29 is 14.6 Å². The van der Waals surface area contributed by atoms with Gasteiger partial charge in [0.15, 0.2) is 5.96 Å². The standard InChI is InChI=1S/C17H32N4O3.HI/c1-2-18-16(19-9-3-4-15(23)21-14-5-6-14)20-12-17(7-10-22)8-11-24-13-17;/h14,22H,2-13H2,1H3,(H,21,23)(H2,18,19,20);1H. The monoisotopic (exact) mass is 468 g/mol. The molecule has 1 amide bonds. The first-order valence-electron chi connectivity index (χ1n) is 9.17. The zero-order chi connectivity index (χ0) is 17.3. The van der Waals surface area contributed by atoms with Crippen LogP contribution in [0.1, 0.15) is 45.4 Å². The molecule has 146 valence electrons. The van der Waals surface area contributed by atoms with Crippen molar-refractivity contribution in [2.45, 2.75) is 51.5 Å². The van der Waals surface area contributed by atoms with Gasteiger partial charge in [-0.15, -0.1) is 24.0 Å². The van der Waals surface area contributed by atoms with Crippen LogP contribution < -0.4 is 16.0 Å². The molecule has 1 saturated carbocycles. The molecular formula is C17H33IN4O3. The molecule has 1 aliphatic carbocycles. The van der Waals surface area contributed by atoms with Gasteiger partial charge in [0.05, 0.1) is 13.2 Å². The minimum Gasteiger partial charge on any atom is -0.396 e. The van der Waals surface area contributed by atoms with Crippen molar-refractivity contribution in [3.63, 3.8) is 0 Å². The van der Waals surface area contributed by atoms with E-state index in [0.29, 0.717) is 32.2 Å². The molecule has 2 rings (SSSR count). The van der Waals surface area contributed by atoms with Gasteiger partial charge in [-0.05, 0) is 39.0 Å². The lowest BCUT2D eigenvalue weighted by molar-refractivity contribution is -0.121. The fraction of sp³-hybridized carbons (Fsp3) is 0.882. The van der Waals surface area contributed by atoms with Crippen LogP contribution >= 0.6 is 24.0 Å². The highest BCUT2D eigenvalue weighted by atomic mass is 127. The summed E-state index contributed by atoms with van der Waals surface area (Å²) in [5.74, 6) is 0.913. The number of nitrogens with one attached hydrogen (secondary N) is 3. The van der Waals surface area contributed by atoms with Crippen LogP contribution in [0.5, 0.6) is 0 Å². The third kappa shape index (κ3) is 8.54. The topological polar surface area (TPSA) is 95.0 Å². The van der Waals surface area contributed by atoms with Crippen molar-refractivity contribution in [1.82, 2.24) is 16.0 Å². The van der Waals surface area contributed by atoms with E-state index in [1.165, 1.54) is 0 Å². The van der Waals surface area contributed by atoms with Crippen LogP contribution in [0.2, 0.25) is 0 Å². The molecule has 1 atom stereocenters. The van der Waals surface area contributed by atoms with Crippen molar-refractivity contribution in [2.75, 3.05) is 39.5 Å². The van der Waals surface area contributed by atoms with Crippen LogP contribution in [-0.4, -0.2) is 62.5 Å². The number of ether oxygens (including phenoxy) is 1. The number of guanidine groups is 1. The molecule has 7 nitrogen and oxygen atoms in total. The first-order chi connectivity index (χ1) is 11.7. The Morgan fingerprint density at radius 1 is 1.36 bits per heavy atom. The maximum atomic E-state index is 11.7. The van der Waals surface area contributed by atoms with Crippen molar-refractivity contribution in [2.24, 2.45) is 10.4 Å². The number of aliphatic hydroxyl groups is 1. The number of aliphatic imine (C=N–C) groups is 1. The van der Waals surface area contributed by atoms with Crippen molar-refractivity contribution >= 4 is 35.8 Å². The predicted octanol–water partition coefficient (Wildman–Crippen LogP) is 1.01. The summed E-state index contributed by atoms with van der Waals surface area (Å²) in [5, 5.41) is 18.8. The third-order valence-electron chi connectivity index (χ3n) is 4.56. The van der Waals surface area contributed by atoms with E-state index in [2.05, 4.69) is 20.9 Å². The molecule has 0 spiro atoms. The summed E-state index contributed by atoms with van der Waals surface area (Å²) in [6.07, 6.45) is 5.25. The Morgan fingerprint density at radius 3 is 2.76 bits per heavy atom. The largest absolute Gasteiger partial charge is 0.396 e. The maximum absolute atomic E-state index is 11.7. The quantitative estimate of drug-likeness (QED) is 0.166. The fourth-order valence-corrected chi connectivity index (χ4v) is 2.86. The van der Waals surface area contributed by atoms with Gasteiger partial charge in [0.25, 0.3) is 0 Å². The Morgan fingerprint density at radius 2 is 2.16 bits per heavy atom. The molecule has 2 aliphatic rings. The molecule has 0 aromatic rings. The van der Waals surface area contributed by atoms with Crippen molar-refractivity contribution in [1.29, 1.82) is 0 Å². The Balaban J connectivity index is 0.00000312. The van der Waals surface area contributed by atoms with Gasteiger partial charge >= 0.3 is 0 Å². The molecule has 0 bridgehead atoms. The first kappa shape index (κ1) is 22.4. The zero-order valence-corrected chi connectivity index (χ0v) is 17.5. The Bertz CT molecular complexity index is 424. The van der Waals surface area contributed by atoms with Gasteiger partial charge in [0.2, 0.25) is 5.91 Å². The molecule has 1 unspecified atom stereocenters. The van der Waals surface area contributed by atoms with Crippen LogP contribution in [-0.2, 0) is 9.53 Å². The Kier molecular flexibility index (Phi) is 10.7. The normalized spacial score (nSPS) is 23.0. The van der Waals surface area contributed by atoms with Gasteiger partial charge in [0.1, 0.15) is 0 Å². The summed E-state index contributed by atoms with van der Waals surface area (Å²) in [4.78, 5) is 16.3. The molecule has 4 N–H and O–H groups in total. The van der Waals surface area contributed by atoms with Gasteiger partial charge in [0, 0.05) is 44.2 Å². The van der Waals surface area contributed by atoms with E-state index in [4.69, 9.17) is 4.74 Å². The predicted molar refractivity (Wildman–Crippen MR) is 109 cm³/mol. The Hall–Kier alpha value is -0.610. The highest BCUT2D eigenvalue weighted by Crippen LogP contribution is 2.32. The molecule has 0 aromatic carbocycles. The lowest BCUT2D eigenvalue weighted by Crippen LogP contribution is -2.39. The fourth-order valence-electron chi connectivity index (χ4n) is 2.86. The number of hydrogen-bond donors (Lipinski definition) is 4. The lowest BCUT2D eigenvalue weighted by Gasteiger charge is -2.24. The van der Waals surface area contributed by atoms with Crippen LogP contribution in [0, 0.1) is 5.41 Å². The van der Waals surface area contributed by atoms with E-state index in [1.807, 2.05) is 6.92 Å². The van der Waals surface area contributed by atoms with Gasteiger partial charge in [-0.25, -0.2) is 0 Å². The second kappa shape index (κ2) is 11.9. The number of hydrogen-bond acceptors (Lipinski definition) is 4. The van der Waals surface area contributed by atoms with Gasteiger partial charge in [-0.3, -0.25) is 9.79 Å². The third-order valence-corrected chi connectivity index (χ3v) is 4.56. The Labute approximate surface area is 167 Å². The maximum Gasteiger partial charge on any atom is 0.220 e. The van der Waals surface area contributed by atoms with Gasteiger partial charge in [-0.1, -0.05) is 0 Å². The second-order valence-corrected chi connectivity index (χ2v) is 6.84. The highest BCUT2D eigenvalue weighted by molar-refractivity contribution is 14.0. The molecule has 1 aliphatic heterocycles. The van der Waals surface area contributed by atoms with Crippen molar-refractivity contribution in [3.05, 3.63) is 0 Å². The number of nitrogens with zero attached hydrogens (tertiary/aromatic N) is 1. The van der Waals surface area contributed by atoms with Crippen LogP contribution in [0.15, 0.2) is 4.99 Å². The molecule has 0 aromatic heterocycles. The van der Waals surface area contributed by atoms with E-state index in [0.717, 1.165) is 51.2 Å². The van der Waals surface area contributed by atoms with E-state index in [9.17, 15) is 9.90 Å². The van der Waals surface area contributed by atoms with E-state index in [1.54, 1.807) is 0 Å². The summed E-state index contributed by atoms with van der Waals surface area (Å²) in [6.45, 7) is 5.75. The summed E-state index contributed by atoms with van der Waals surface area (Å²) >= 11 is 0. The number of halogens is 1. The number of carbonyl (C=O) groups is 1. The van der Waals surface area contributed by atoms with Gasteiger partial charge < -0.3 is 25.8 Å². The van der Waals surface area contributed by atoms with Crippen LogP contribution in [0.3, 0.4) is 0 Å². The lowest BCUT2D eigenvalue weighted by atomic mass is 9.84. The molecule has 8 heteroatoms. The summed E-state index contributed by atoms with van der Waals surface area (Å²) in [5.41, 5.74) is -0.0404. The first-order valence-corrected chi connectivity index (χ1v) is 9.17. The summed E-state index contributed by atoms with van der Waals surface area (Å²) in [7, 11) is 0. The number of amides is 1. The molecule has 0 radical (unpaired) electrons. The highest BCUT2D eigenvalue weighted by Gasteiger charge is 2.34. The van der Waals surface area contributed by atoms with E-state index in [-0.39, 0.29) is 41.9 Å². The minimum atomic E-state index is -0.0404. The van der Waals surface area contributed by atoms with Crippen LogP contribution in [0.4, 0.5) is 0 Å². The summed E-state index contributed by atoms with van der Waals surface area (Å²) in [6, 6.07) is 0.431. The molecule has 1 heterocycles. The summed E-state index contributed by atoms with van der Waals surface area (Å²) < 4.78 is 5.50. The number of carbonyl (C=O) groups excluding carboxylic acids is 1. The number of rotatable bonds is 10. The minimum absolute atomic E-state index is 0. The van der Waals surface area contributed by atoms with Gasteiger partial charge in [-0.2, -0.15) is 0 Å². The average Bonchev–Trinajstić information content (AvgIpc) is 3.25. The zero-order valence-electron chi connectivity index (χ0n) is 15.2. The molecular weight excluding hydrogens is 435 g/mol. The van der Waals surface area contributed by atoms with Crippen LogP contribution in [0.25, 0.3) is 0 Å². The second-order valence-electron chi connectivity index (χ2n) is 6.84. The molecule has 25 heavy (non-hydrogen) atoms. The van der Waals surface area contributed by atoms with E-state index < -0.39 is 0 Å². The molecule has 2 fully saturated rings. The number of aliphatic hydroxyl groups excluding tert-OH is 1. The van der Waals surface area contributed by atoms with Crippen molar-refractivity contribution in [3.8, 4) is 0 Å². The van der Waals surface area contributed by atoms with E-state index >= 15 is 0 Å². The SMILES string of the molecule is CCNC(=NCC1(CCO)CCOC1)NCCCC(=O)NC1CC1.I. The molecule has 1 saturated heterocycles. The average molecular weight is 468 g/mol. The smallest absolute Gasteiger partial charge is 0.220 e.